The van der Waals surface area contributed by atoms with Gasteiger partial charge in [-0.25, -0.2) is 13.1 Å². The fourth-order valence-electron chi connectivity index (χ4n) is 2.19. The van der Waals surface area contributed by atoms with E-state index in [1.807, 2.05) is 12.1 Å². The van der Waals surface area contributed by atoms with Crippen LogP contribution in [0.15, 0.2) is 48.8 Å². The molecule has 0 aliphatic carbocycles. The smallest absolute Gasteiger partial charge is 0.212 e. The molecule has 4 nitrogen and oxygen atoms in total. The molecule has 0 spiro atoms. The highest BCUT2D eigenvalue weighted by Gasteiger charge is 2.14. The Kier molecular flexibility index (Phi) is 5.55. The van der Waals surface area contributed by atoms with Crippen LogP contribution in [0.1, 0.15) is 37.5 Å². The Morgan fingerprint density at radius 3 is 2.13 bits per heavy atom. The van der Waals surface area contributed by atoms with Gasteiger partial charge in [-0.2, -0.15) is 0 Å². The van der Waals surface area contributed by atoms with Crippen molar-refractivity contribution >= 4 is 10.0 Å². The number of hydrogen-bond acceptors (Lipinski definition) is 3. The van der Waals surface area contributed by atoms with E-state index in [0.717, 1.165) is 11.1 Å². The number of sulfonamides is 1. The number of pyridine rings is 1. The minimum Gasteiger partial charge on any atom is -0.265 e. The number of hydrogen-bond donors (Lipinski definition) is 1. The Hall–Kier alpha value is -1.72. The third-order valence-corrected chi connectivity index (χ3v) is 5.05. The summed E-state index contributed by atoms with van der Waals surface area (Å²) in [5.74, 6) is 0.0902. The summed E-state index contributed by atoms with van der Waals surface area (Å²) in [6.45, 7) is 6.79. The molecule has 0 fully saturated rings. The predicted octanol–water partition coefficient (Wildman–Crippen LogP) is 3.04. The lowest BCUT2D eigenvalue weighted by molar-refractivity contribution is 0.580. The summed E-state index contributed by atoms with van der Waals surface area (Å²) in [7, 11) is -3.29. The fraction of sp³-hybridized carbons (Fsp3) is 0.389. The summed E-state index contributed by atoms with van der Waals surface area (Å²) in [5, 5.41) is 0. The molecule has 1 aromatic heterocycles. The zero-order valence-corrected chi connectivity index (χ0v) is 14.7. The van der Waals surface area contributed by atoms with Crippen molar-refractivity contribution in [1.29, 1.82) is 0 Å². The van der Waals surface area contributed by atoms with Gasteiger partial charge in [0.2, 0.25) is 10.0 Å². The number of nitrogens with one attached hydrogen (secondary N) is 1. The minimum absolute atomic E-state index is 0.0902. The first-order chi connectivity index (χ1) is 10.8. The number of aryl methyl sites for hydroxylation is 1. The maximum atomic E-state index is 12.1. The van der Waals surface area contributed by atoms with Crippen LogP contribution in [0.2, 0.25) is 0 Å². The van der Waals surface area contributed by atoms with E-state index in [1.165, 1.54) is 5.56 Å². The van der Waals surface area contributed by atoms with Gasteiger partial charge in [-0.15, -0.1) is 0 Å². The molecule has 0 saturated heterocycles. The first-order valence-corrected chi connectivity index (χ1v) is 9.37. The Balaban J connectivity index is 1.89. The second-order valence-corrected chi connectivity index (χ2v) is 8.62. The van der Waals surface area contributed by atoms with Crippen LogP contribution in [0.5, 0.6) is 0 Å². The lowest BCUT2D eigenvalue weighted by Gasteiger charge is -2.19. The van der Waals surface area contributed by atoms with Gasteiger partial charge in [-0.3, -0.25) is 4.98 Å². The number of benzene rings is 1. The van der Waals surface area contributed by atoms with Crippen LogP contribution in [-0.4, -0.2) is 19.2 Å². The number of aromatic nitrogens is 1. The van der Waals surface area contributed by atoms with Crippen molar-refractivity contribution in [2.45, 2.75) is 39.2 Å². The lowest BCUT2D eigenvalue weighted by atomic mass is 9.86. The summed E-state index contributed by atoms with van der Waals surface area (Å²) >= 11 is 0. The SMILES string of the molecule is CC(C)(C)c1ccc(CCS(=O)(=O)NCc2ccncc2)cc1. The Morgan fingerprint density at radius 1 is 0.957 bits per heavy atom. The molecule has 0 amide bonds. The summed E-state index contributed by atoms with van der Waals surface area (Å²) in [4.78, 5) is 3.91. The molecule has 2 rings (SSSR count). The molecule has 1 heterocycles. The van der Waals surface area contributed by atoms with Crippen molar-refractivity contribution in [3.63, 3.8) is 0 Å². The van der Waals surface area contributed by atoms with Gasteiger partial charge in [0.1, 0.15) is 0 Å². The second kappa shape index (κ2) is 7.23. The van der Waals surface area contributed by atoms with E-state index in [4.69, 9.17) is 0 Å². The zero-order valence-electron chi connectivity index (χ0n) is 13.9. The molecule has 0 unspecified atom stereocenters. The third-order valence-electron chi connectivity index (χ3n) is 3.72. The van der Waals surface area contributed by atoms with E-state index in [-0.39, 0.29) is 11.2 Å². The molecule has 124 valence electrons. The van der Waals surface area contributed by atoms with Crippen LogP contribution < -0.4 is 4.72 Å². The van der Waals surface area contributed by atoms with Crippen LogP contribution in [-0.2, 0) is 28.4 Å². The average molecular weight is 332 g/mol. The van der Waals surface area contributed by atoms with Crippen LogP contribution in [0.3, 0.4) is 0 Å². The van der Waals surface area contributed by atoms with E-state index in [1.54, 1.807) is 24.5 Å². The third kappa shape index (κ3) is 5.77. The molecule has 0 aliphatic rings. The molecule has 23 heavy (non-hydrogen) atoms. The molecular formula is C18H24N2O2S. The molecule has 0 atom stereocenters. The number of rotatable bonds is 6. The molecule has 0 saturated carbocycles. The molecule has 0 aliphatic heterocycles. The highest BCUT2D eigenvalue weighted by atomic mass is 32.2. The van der Waals surface area contributed by atoms with Crippen molar-refractivity contribution in [2.75, 3.05) is 5.75 Å². The standard InChI is InChI=1S/C18H24N2O2S/c1-18(2,3)17-6-4-15(5-7-17)10-13-23(21,22)20-14-16-8-11-19-12-9-16/h4-9,11-12,20H,10,13-14H2,1-3H3. The van der Waals surface area contributed by atoms with Gasteiger partial charge in [0.05, 0.1) is 5.75 Å². The summed E-state index contributed by atoms with van der Waals surface area (Å²) in [6.07, 6.45) is 3.82. The summed E-state index contributed by atoms with van der Waals surface area (Å²) in [6, 6.07) is 11.8. The highest BCUT2D eigenvalue weighted by molar-refractivity contribution is 7.89. The quantitative estimate of drug-likeness (QED) is 0.884. The molecule has 5 heteroatoms. The van der Waals surface area contributed by atoms with Crippen molar-refractivity contribution < 1.29 is 8.42 Å². The van der Waals surface area contributed by atoms with Gasteiger partial charge in [0.25, 0.3) is 0 Å². The Morgan fingerprint density at radius 2 is 1.57 bits per heavy atom. The van der Waals surface area contributed by atoms with Gasteiger partial charge in [0.15, 0.2) is 0 Å². The van der Waals surface area contributed by atoms with E-state index in [9.17, 15) is 8.42 Å². The van der Waals surface area contributed by atoms with E-state index in [2.05, 4.69) is 42.6 Å². The largest absolute Gasteiger partial charge is 0.265 e. The zero-order chi connectivity index (χ0) is 16.9. The molecule has 1 N–H and O–H groups in total. The first kappa shape index (κ1) is 17.6. The fourth-order valence-corrected chi connectivity index (χ4v) is 3.23. The van der Waals surface area contributed by atoms with Crippen LogP contribution in [0.4, 0.5) is 0 Å². The summed E-state index contributed by atoms with van der Waals surface area (Å²) < 4.78 is 26.8. The van der Waals surface area contributed by atoms with Gasteiger partial charge >= 0.3 is 0 Å². The van der Waals surface area contributed by atoms with Gasteiger partial charge in [0, 0.05) is 18.9 Å². The second-order valence-electron chi connectivity index (χ2n) is 6.69. The molecule has 1 aromatic carbocycles. The van der Waals surface area contributed by atoms with E-state index < -0.39 is 10.0 Å². The molecule has 0 radical (unpaired) electrons. The van der Waals surface area contributed by atoms with Gasteiger partial charge in [-0.05, 0) is 40.7 Å². The van der Waals surface area contributed by atoms with Crippen LogP contribution in [0.25, 0.3) is 0 Å². The van der Waals surface area contributed by atoms with Crippen molar-refractivity contribution in [2.24, 2.45) is 0 Å². The van der Waals surface area contributed by atoms with E-state index in [0.29, 0.717) is 13.0 Å². The lowest BCUT2D eigenvalue weighted by Crippen LogP contribution is -2.26. The van der Waals surface area contributed by atoms with Crippen molar-refractivity contribution in [3.8, 4) is 0 Å². The molecule has 2 aromatic rings. The van der Waals surface area contributed by atoms with Crippen molar-refractivity contribution in [1.82, 2.24) is 9.71 Å². The van der Waals surface area contributed by atoms with Gasteiger partial charge in [-0.1, -0.05) is 45.0 Å². The topological polar surface area (TPSA) is 59.1 Å². The predicted molar refractivity (Wildman–Crippen MR) is 93.7 cm³/mol. The molecule has 0 bridgehead atoms. The maximum Gasteiger partial charge on any atom is 0.212 e. The molecular weight excluding hydrogens is 308 g/mol. The van der Waals surface area contributed by atoms with Crippen molar-refractivity contribution in [3.05, 3.63) is 65.5 Å². The van der Waals surface area contributed by atoms with Crippen LogP contribution >= 0.6 is 0 Å². The Labute approximate surface area is 139 Å². The summed E-state index contributed by atoms with van der Waals surface area (Å²) in [5.41, 5.74) is 3.29. The Bertz CT molecular complexity index is 718. The monoisotopic (exact) mass is 332 g/mol. The average Bonchev–Trinajstić information content (AvgIpc) is 2.52. The number of nitrogens with zero attached hydrogens (tertiary/aromatic N) is 1. The first-order valence-electron chi connectivity index (χ1n) is 7.72. The highest BCUT2D eigenvalue weighted by Crippen LogP contribution is 2.22. The maximum absolute atomic E-state index is 12.1. The van der Waals surface area contributed by atoms with E-state index >= 15 is 0 Å². The van der Waals surface area contributed by atoms with Gasteiger partial charge < -0.3 is 0 Å². The van der Waals surface area contributed by atoms with Crippen LogP contribution in [0, 0.1) is 0 Å². The minimum atomic E-state index is -3.29. The normalized spacial score (nSPS) is 12.3.